The van der Waals surface area contributed by atoms with Crippen LogP contribution in [0.15, 0.2) is 22.8 Å². The number of nitrogens with one attached hydrogen (secondary N) is 3. The average Bonchev–Trinajstić information content (AvgIpc) is 3.12. The van der Waals surface area contributed by atoms with E-state index in [-0.39, 0.29) is 17.6 Å². The molecular formula is C16H19N3O5. The first-order valence-electron chi connectivity index (χ1n) is 7.35. The Morgan fingerprint density at radius 2 is 1.83 bits per heavy atom. The summed E-state index contributed by atoms with van der Waals surface area (Å²) in [5, 5.41) is 0. The van der Waals surface area contributed by atoms with Crippen LogP contribution in [0.4, 0.5) is 0 Å². The normalized spacial score (nSPS) is 10.5. The molecule has 0 aliphatic rings. The van der Waals surface area contributed by atoms with Crippen molar-refractivity contribution in [2.75, 3.05) is 0 Å². The van der Waals surface area contributed by atoms with E-state index in [1.807, 2.05) is 0 Å². The number of hydrogen-bond acceptors (Lipinski definition) is 5. The van der Waals surface area contributed by atoms with Gasteiger partial charge >= 0.3 is 11.9 Å². The van der Waals surface area contributed by atoms with Gasteiger partial charge in [-0.3, -0.25) is 20.4 Å². The molecule has 0 fully saturated rings. The number of aromatic nitrogens is 1. The minimum atomic E-state index is -0.589. The van der Waals surface area contributed by atoms with Crippen LogP contribution in [0.25, 0.3) is 0 Å². The molecule has 0 aliphatic carbocycles. The van der Waals surface area contributed by atoms with Gasteiger partial charge in [-0.25, -0.2) is 4.79 Å². The number of furan rings is 1. The maximum Gasteiger partial charge on any atom is 0.340 e. The molecule has 2 heterocycles. The van der Waals surface area contributed by atoms with Gasteiger partial charge in [0.05, 0.1) is 17.9 Å². The van der Waals surface area contributed by atoms with E-state index in [1.54, 1.807) is 33.8 Å². The van der Waals surface area contributed by atoms with Crippen LogP contribution in [0.2, 0.25) is 0 Å². The molecule has 0 bridgehead atoms. The molecule has 0 atom stereocenters. The Kier molecular flexibility index (Phi) is 5.08. The molecule has 24 heavy (non-hydrogen) atoms. The zero-order valence-electron chi connectivity index (χ0n) is 13.9. The summed E-state index contributed by atoms with van der Waals surface area (Å²) in [4.78, 5) is 38.9. The van der Waals surface area contributed by atoms with Crippen LogP contribution in [0.5, 0.6) is 0 Å². The van der Waals surface area contributed by atoms with E-state index in [4.69, 9.17) is 9.15 Å². The van der Waals surface area contributed by atoms with E-state index in [0.717, 1.165) is 0 Å². The Bertz CT molecular complexity index is 759. The highest BCUT2D eigenvalue weighted by Gasteiger charge is 2.24. The molecule has 8 nitrogen and oxygen atoms in total. The number of aryl methyl sites for hydroxylation is 1. The molecule has 0 unspecified atom stereocenters. The highest BCUT2D eigenvalue weighted by molar-refractivity contribution is 6.01. The smallest absolute Gasteiger partial charge is 0.340 e. The fourth-order valence-corrected chi connectivity index (χ4v) is 2.20. The Hall–Kier alpha value is -3.03. The Labute approximate surface area is 138 Å². The van der Waals surface area contributed by atoms with Crippen LogP contribution in [0.1, 0.15) is 56.5 Å². The van der Waals surface area contributed by atoms with Crippen LogP contribution in [0, 0.1) is 13.8 Å². The predicted molar refractivity (Wildman–Crippen MR) is 84.5 cm³/mol. The van der Waals surface area contributed by atoms with E-state index in [0.29, 0.717) is 16.8 Å². The number of esters is 1. The fourth-order valence-electron chi connectivity index (χ4n) is 2.20. The van der Waals surface area contributed by atoms with Gasteiger partial charge in [0.15, 0.2) is 5.76 Å². The monoisotopic (exact) mass is 333 g/mol. The summed E-state index contributed by atoms with van der Waals surface area (Å²) >= 11 is 0. The Morgan fingerprint density at radius 1 is 1.17 bits per heavy atom. The Morgan fingerprint density at radius 3 is 2.42 bits per heavy atom. The van der Waals surface area contributed by atoms with Gasteiger partial charge in [0.1, 0.15) is 5.69 Å². The lowest BCUT2D eigenvalue weighted by molar-refractivity contribution is 0.0376. The predicted octanol–water partition coefficient (Wildman–Crippen LogP) is 1.86. The van der Waals surface area contributed by atoms with Crippen molar-refractivity contribution in [2.45, 2.75) is 33.8 Å². The quantitative estimate of drug-likeness (QED) is 0.584. The molecule has 0 aromatic carbocycles. The summed E-state index contributed by atoms with van der Waals surface area (Å²) in [5.41, 5.74) is 5.94. The lowest BCUT2D eigenvalue weighted by Crippen LogP contribution is -2.41. The van der Waals surface area contributed by atoms with Crippen molar-refractivity contribution in [1.29, 1.82) is 0 Å². The van der Waals surface area contributed by atoms with Gasteiger partial charge < -0.3 is 14.1 Å². The van der Waals surface area contributed by atoms with E-state index in [1.165, 1.54) is 12.3 Å². The number of rotatable bonds is 4. The molecule has 128 valence electrons. The van der Waals surface area contributed by atoms with Gasteiger partial charge in [-0.05, 0) is 45.4 Å². The van der Waals surface area contributed by atoms with Gasteiger partial charge in [0, 0.05) is 5.69 Å². The molecule has 0 radical (unpaired) electrons. The summed E-state index contributed by atoms with van der Waals surface area (Å²) in [5.74, 6) is -1.61. The number of amides is 2. The SMILES string of the molecule is Cc1[nH]c(C(=O)NNC(=O)c2ccco2)c(C)c1C(=O)OC(C)C. The number of ether oxygens (including phenoxy) is 1. The number of aromatic amines is 1. The van der Waals surface area contributed by atoms with Crippen LogP contribution in [-0.4, -0.2) is 28.9 Å². The maximum atomic E-state index is 12.2. The first-order valence-corrected chi connectivity index (χ1v) is 7.35. The third kappa shape index (κ3) is 3.65. The fraction of sp³-hybridized carbons (Fsp3) is 0.312. The number of hydrazine groups is 1. The number of carbonyl (C=O) groups excluding carboxylic acids is 3. The summed E-state index contributed by atoms with van der Waals surface area (Å²) in [6.45, 7) is 6.78. The van der Waals surface area contributed by atoms with Gasteiger partial charge in [-0.2, -0.15) is 0 Å². The third-order valence-electron chi connectivity index (χ3n) is 3.25. The highest BCUT2D eigenvalue weighted by Crippen LogP contribution is 2.19. The molecule has 0 spiro atoms. The zero-order valence-corrected chi connectivity index (χ0v) is 13.9. The van der Waals surface area contributed by atoms with E-state index < -0.39 is 17.8 Å². The van der Waals surface area contributed by atoms with Crippen LogP contribution < -0.4 is 10.9 Å². The second-order valence-electron chi connectivity index (χ2n) is 5.46. The summed E-state index contributed by atoms with van der Waals surface area (Å²) in [6, 6.07) is 3.02. The largest absolute Gasteiger partial charge is 0.459 e. The maximum absolute atomic E-state index is 12.2. The summed E-state index contributed by atoms with van der Waals surface area (Å²) in [7, 11) is 0. The van der Waals surface area contributed by atoms with Crippen molar-refractivity contribution in [3.05, 3.63) is 46.7 Å². The van der Waals surface area contributed by atoms with Crippen LogP contribution in [0.3, 0.4) is 0 Å². The standard InChI is InChI=1S/C16H19N3O5/c1-8(2)24-16(22)12-9(3)13(17-10(12)4)15(21)19-18-14(20)11-6-5-7-23-11/h5-8,17H,1-4H3,(H,18,20)(H,19,21). The summed E-state index contributed by atoms with van der Waals surface area (Å²) < 4.78 is 10.1. The average molecular weight is 333 g/mol. The molecule has 2 amide bonds. The van der Waals surface area contributed by atoms with Crippen molar-refractivity contribution in [3.63, 3.8) is 0 Å². The van der Waals surface area contributed by atoms with Crippen molar-refractivity contribution < 1.29 is 23.5 Å². The highest BCUT2D eigenvalue weighted by atomic mass is 16.5. The topological polar surface area (TPSA) is 113 Å². The number of carbonyl (C=O) groups is 3. The zero-order chi connectivity index (χ0) is 17.9. The Balaban J connectivity index is 2.10. The second kappa shape index (κ2) is 7.03. The molecule has 0 aliphatic heterocycles. The van der Waals surface area contributed by atoms with Crippen molar-refractivity contribution in [1.82, 2.24) is 15.8 Å². The second-order valence-corrected chi connectivity index (χ2v) is 5.46. The van der Waals surface area contributed by atoms with Crippen molar-refractivity contribution in [2.24, 2.45) is 0 Å². The van der Waals surface area contributed by atoms with Gasteiger partial charge in [0.2, 0.25) is 0 Å². The molecule has 2 aromatic heterocycles. The summed E-state index contributed by atoms with van der Waals surface area (Å²) in [6.07, 6.45) is 1.08. The van der Waals surface area contributed by atoms with Crippen LogP contribution in [-0.2, 0) is 4.74 Å². The number of H-pyrrole nitrogens is 1. The lowest BCUT2D eigenvalue weighted by Gasteiger charge is -2.08. The molecule has 8 heteroatoms. The van der Waals surface area contributed by atoms with Crippen molar-refractivity contribution in [3.8, 4) is 0 Å². The minimum Gasteiger partial charge on any atom is -0.459 e. The van der Waals surface area contributed by atoms with Crippen LogP contribution >= 0.6 is 0 Å². The first kappa shape index (κ1) is 17.3. The minimum absolute atomic E-state index is 0.0656. The number of hydrogen-bond donors (Lipinski definition) is 3. The van der Waals surface area contributed by atoms with Crippen molar-refractivity contribution >= 4 is 17.8 Å². The molecule has 3 N–H and O–H groups in total. The first-order chi connectivity index (χ1) is 11.3. The van der Waals surface area contributed by atoms with Gasteiger partial charge in [-0.15, -0.1) is 0 Å². The molecule has 0 saturated carbocycles. The van der Waals surface area contributed by atoms with E-state index in [9.17, 15) is 14.4 Å². The van der Waals surface area contributed by atoms with E-state index >= 15 is 0 Å². The third-order valence-corrected chi connectivity index (χ3v) is 3.25. The van der Waals surface area contributed by atoms with E-state index in [2.05, 4.69) is 15.8 Å². The van der Waals surface area contributed by atoms with Gasteiger partial charge in [0.25, 0.3) is 5.91 Å². The molecule has 2 aromatic rings. The van der Waals surface area contributed by atoms with Gasteiger partial charge in [-0.1, -0.05) is 0 Å². The molecule has 0 saturated heterocycles. The molecular weight excluding hydrogens is 314 g/mol. The lowest BCUT2D eigenvalue weighted by atomic mass is 10.1. The molecule has 2 rings (SSSR count).